The van der Waals surface area contributed by atoms with Gasteiger partial charge < -0.3 is 10.6 Å². The molecule has 3 N–H and O–H groups in total. The first-order chi connectivity index (χ1) is 16.0. The smallest absolute Gasteiger partial charge is 0.154 e. The van der Waals surface area contributed by atoms with Crippen molar-refractivity contribution < 1.29 is 0 Å². The SMILES string of the molecule is CN/C=C(\C(=N)c1cccnc1C)c1cnc2ccc(Nc3cc(C(C)C)cnn3)nc2c1. The van der Waals surface area contributed by atoms with Crippen molar-refractivity contribution in [2.24, 2.45) is 0 Å². The zero-order valence-electron chi connectivity index (χ0n) is 19.1. The Bertz CT molecular complexity index is 1340. The highest BCUT2D eigenvalue weighted by molar-refractivity contribution is 6.30. The maximum absolute atomic E-state index is 8.80. The van der Waals surface area contributed by atoms with Gasteiger partial charge in [-0.2, -0.15) is 5.10 Å². The molecule has 0 aliphatic carbocycles. The predicted octanol–water partition coefficient (Wildman–Crippen LogP) is 4.62. The fourth-order valence-corrected chi connectivity index (χ4v) is 3.45. The highest BCUT2D eigenvalue weighted by Crippen LogP contribution is 2.24. The summed E-state index contributed by atoms with van der Waals surface area (Å²) in [5.41, 5.74) is 6.01. The van der Waals surface area contributed by atoms with E-state index in [0.29, 0.717) is 34.4 Å². The Kier molecular flexibility index (Phi) is 6.35. The van der Waals surface area contributed by atoms with Crippen molar-refractivity contribution in [3.63, 3.8) is 0 Å². The molecule has 0 saturated carbocycles. The van der Waals surface area contributed by atoms with E-state index in [1.54, 1.807) is 24.8 Å². The minimum absolute atomic E-state index is 0.355. The molecule has 0 unspecified atom stereocenters. The van der Waals surface area contributed by atoms with Crippen molar-refractivity contribution in [3.05, 3.63) is 83.6 Å². The molecule has 0 atom stereocenters. The van der Waals surface area contributed by atoms with Crippen molar-refractivity contribution in [1.29, 1.82) is 5.41 Å². The quantitative estimate of drug-likeness (QED) is 0.361. The zero-order valence-corrected chi connectivity index (χ0v) is 19.1. The van der Waals surface area contributed by atoms with E-state index in [9.17, 15) is 0 Å². The summed E-state index contributed by atoms with van der Waals surface area (Å²) in [6.07, 6.45) is 7.06. The second-order valence-corrected chi connectivity index (χ2v) is 7.97. The van der Waals surface area contributed by atoms with Gasteiger partial charge in [0.05, 0.1) is 22.9 Å². The fourth-order valence-electron chi connectivity index (χ4n) is 3.45. The number of anilines is 2. The van der Waals surface area contributed by atoms with Crippen molar-refractivity contribution in [1.82, 2.24) is 30.5 Å². The van der Waals surface area contributed by atoms with Gasteiger partial charge in [0.15, 0.2) is 5.82 Å². The van der Waals surface area contributed by atoms with Gasteiger partial charge in [-0.1, -0.05) is 13.8 Å². The molecule has 8 nitrogen and oxygen atoms in total. The molecule has 4 aromatic rings. The summed E-state index contributed by atoms with van der Waals surface area (Å²) in [6.45, 7) is 6.13. The maximum atomic E-state index is 8.80. The third-order valence-corrected chi connectivity index (χ3v) is 5.28. The van der Waals surface area contributed by atoms with Gasteiger partial charge >= 0.3 is 0 Å². The number of fused-ring (bicyclic) bond motifs is 1. The average molecular weight is 439 g/mol. The summed E-state index contributed by atoms with van der Waals surface area (Å²) in [7, 11) is 1.81. The summed E-state index contributed by atoms with van der Waals surface area (Å²) in [5.74, 6) is 1.64. The third kappa shape index (κ3) is 4.85. The van der Waals surface area contributed by atoms with E-state index in [2.05, 4.69) is 44.6 Å². The van der Waals surface area contributed by atoms with Gasteiger partial charge in [0, 0.05) is 48.0 Å². The van der Waals surface area contributed by atoms with Crippen LogP contribution in [0.4, 0.5) is 11.6 Å². The number of aryl methyl sites for hydroxylation is 1. The Labute approximate surface area is 192 Å². The van der Waals surface area contributed by atoms with E-state index < -0.39 is 0 Å². The molecule has 0 bridgehead atoms. The second kappa shape index (κ2) is 9.52. The normalized spacial score (nSPS) is 11.6. The third-order valence-electron chi connectivity index (χ3n) is 5.28. The molecule has 0 fully saturated rings. The van der Waals surface area contributed by atoms with E-state index in [1.165, 1.54) is 0 Å². The number of pyridine rings is 3. The van der Waals surface area contributed by atoms with E-state index in [4.69, 9.17) is 10.4 Å². The summed E-state index contributed by atoms with van der Waals surface area (Å²) in [5, 5.41) is 23.3. The second-order valence-electron chi connectivity index (χ2n) is 7.97. The summed E-state index contributed by atoms with van der Waals surface area (Å²) in [6, 6.07) is 11.4. The lowest BCUT2D eigenvalue weighted by Gasteiger charge is -2.13. The van der Waals surface area contributed by atoms with Gasteiger partial charge in [-0.3, -0.25) is 15.4 Å². The van der Waals surface area contributed by atoms with Crippen LogP contribution in [0.3, 0.4) is 0 Å². The topological polar surface area (TPSA) is 112 Å². The predicted molar refractivity (Wildman–Crippen MR) is 132 cm³/mol. The van der Waals surface area contributed by atoms with Crippen LogP contribution in [0.5, 0.6) is 0 Å². The van der Waals surface area contributed by atoms with Gasteiger partial charge in [0.1, 0.15) is 5.82 Å². The van der Waals surface area contributed by atoms with Crippen LogP contribution >= 0.6 is 0 Å². The van der Waals surface area contributed by atoms with Gasteiger partial charge in [-0.05, 0) is 54.8 Å². The van der Waals surface area contributed by atoms with Crippen LogP contribution in [-0.4, -0.2) is 37.9 Å². The van der Waals surface area contributed by atoms with Crippen LogP contribution in [-0.2, 0) is 0 Å². The molecular formula is C25H26N8. The van der Waals surface area contributed by atoms with Crippen LogP contribution in [0, 0.1) is 12.3 Å². The Hall–Kier alpha value is -4.20. The first-order valence-electron chi connectivity index (χ1n) is 10.7. The maximum Gasteiger partial charge on any atom is 0.154 e. The molecule has 0 aliphatic heterocycles. The largest absolute Gasteiger partial charge is 0.393 e. The Balaban J connectivity index is 1.69. The molecule has 33 heavy (non-hydrogen) atoms. The lowest BCUT2D eigenvalue weighted by atomic mass is 9.96. The number of aromatic nitrogens is 5. The molecule has 0 spiro atoms. The van der Waals surface area contributed by atoms with Crippen LogP contribution < -0.4 is 10.6 Å². The van der Waals surface area contributed by atoms with Gasteiger partial charge in [0.2, 0.25) is 0 Å². The highest BCUT2D eigenvalue weighted by atomic mass is 15.2. The van der Waals surface area contributed by atoms with Crippen LogP contribution in [0.15, 0.2) is 61.2 Å². The van der Waals surface area contributed by atoms with E-state index in [-0.39, 0.29) is 0 Å². The molecule has 4 aromatic heterocycles. The van der Waals surface area contributed by atoms with Crippen molar-refractivity contribution >= 4 is 34.0 Å². The number of rotatable bonds is 7. The van der Waals surface area contributed by atoms with Crippen molar-refractivity contribution in [2.75, 3.05) is 12.4 Å². The highest BCUT2D eigenvalue weighted by Gasteiger charge is 2.15. The molecule has 0 saturated heterocycles. The molecule has 4 rings (SSSR count). The molecular weight excluding hydrogens is 412 g/mol. The molecule has 4 heterocycles. The summed E-state index contributed by atoms with van der Waals surface area (Å²) in [4.78, 5) is 13.6. The van der Waals surface area contributed by atoms with E-state index >= 15 is 0 Å². The Morgan fingerprint density at radius 2 is 1.88 bits per heavy atom. The van der Waals surface area contributed by atoms with E-state index in [1.807, 2.05) is 50.4 Å². The molecule has 166 valence electrons. The van der Waals surface area contributed by atoms with Crippen LogP contribution in [0.1, 0.15) is 42.1 Å². The molecule has 8 heteroatoms. The van der Waals surface area contributed by atoms with Crippen molar-refractivity contribution in [2.45, 2.75) is 26.7 Å². The van der Waals surface area contributed by atoms with Crippen molar-refractivity contribution in [3.8, 4) is 0 Å². The average Bonchev–Trinajstić information content (AvgIpc) is 2.82. The zero-order chi connectivity index (χ0) is 23.4. The summed E-state index contributed by atoms with van der Waals surface area (Å²) >= 11 is 0. The number of nitrogens with one attached hydrogen (secondary N) is 3. The number of hydrogen-bond acceptors (Lipinski definition) is 8. The van der Waals surface area contributed by atoms with Gasteiger partial charge in [0.25, 0.3) is 0 Å². The Morgan fingerprint density at radius 1 is 1.03 bits per heavy atom. The summed E-state index contributed by atoms with van der Waals surface area (Å²) < 4.78 is 0. The fraction of sp³-hybridized carbons (Fsp3) is 0.200. The van der Waals surface area contributed by atoms with Crippen LogP contribution in [0.2, 0.25) is 0 Å². The standard InChI is InChI=1S/C25H26N8/c1-15(2)17-11-24(33-30-13-17)32-23-8-7-21-22(31-23)10-18(12-29-21)20(14-27-4)25(26)19-6-5-9-28-16(19)3/h5-15,26-27H,1-4H3,(H,31,32,33)/b20-14-,26-25?. The molecule has 0 aromatic carbocycles. The monoisotopic (exact) mass is 438 g/mol. The molecule has 0 radical (unpaired) electrons. The lowest BCUT2D eigenvalue weighted by Crippen LogP contribution is -2.09. The van der Waals surface area contributed by atoms with Crippen LogP contribution in [0.25, 0.3) is 16.6 Å². The number of allylic oxidation sites excluding steroid dienone is 1. The van der Waals surface area contributed by atoms with Gasteiger partial charge in [-0.25, -0.2) is 4.98 Å². The number of nitrogens with zero attached hydrogens (tertiary/aromatic N) is 5. The first-order valence-corrected chi connectivity index (χ1v) is 10.7. The van der Waals surface area contributed by atoms with E-state index in [0.717, 1.165) is 27.9 Å². The van der Waals surface area contributed by atoms with Gasteiger partial charge in [-0.15, -0.1) is 5.10 Å². The number of hydrogen-bond donors (Lipinski definition) is 3. The lowest BCUT2D eigenvalue weighted by molar-refractivity contribution is 0.843. The minimum atomic E-state index is 0.355. The Morgan fingerprint density at radius 3 is 2.64 bits per heavy atom. The minimum Gasteiger partial charge on any atom is -0.393 e. The molecule has 0 amide bonds. The molecule has 0 aliphatic rings. The first kappa shape index (κ1) is 22.0.